The van der Waals surface area contributed by atoms with Crippen LogP contribution in [-0.4, -0.2) is 24.5 Å². The Bertz CT molecular complexity index is 448. The number of esters is 1. The maximum atomic E-state index is 11.7. The van der Waals surface area contributed by atoms with Crippen molar-refractivity contribution >= 4 is 23.5 Å². The number of rotatable bonds is 5. The predicted octanol–water partition coefficient (Wildman–Crippen LogP) is 1.41. The lowest BCUT2D eigenvalue weighted by Gasteiger charge is -2.17. The van der Waals surface area contributed by atoms with Crippen LogP contribution in [0.15, 0.2) is 24.3 Å². The fraction of sp³-hybridized carbons (Fsp3) is 0.385. The Hall–Kier alpha value is -1.59. The summed E-state index contributed by atoms with van der Waals surface area (Å²) in [7, 11) is 0. The molecule has 5 nitrogen and oxygen atoms in total. The SMILES string of the molecule is CCOC(=O)C(N)C(=O)N[C@H](C)c1ccc(Cl)cc1. The lowest BCUT2D eigenvalue weighted by Crippen LogP contribution is -2.47. The van der Waals surface area contributed by atoms with E-state index in [0.29, 0.717) is 5.02 Å². The average Bonchev–Trinajstić information content (AvgIpc) is 2.38. The average molecular weight is 285 g/mol. The maximum absolute atomic E-state index is 11.7. The van der Waals surface area contributed by atoms with Crippen molar-refractivity contribution in [1.82, 2.24) is 5.32 Å². The van der Waals surface area contributed by atoms with E-state index in [9.17, 15) is 9.59 Å². The van der Waals surface area contributed by atoms with Crippen LogP contribution < -0.4 is 11.1 Å². The zero-order chi connectivity index (χ0) is 14.4. The third-order valence-corrected chi connectivity index (χ3v) is 2.80. The quantitative estimate of drug-likeness (QED) is 0.633. The summed E-state index contributed by atoms with van der Waals surface area (Å²) in [4.78, 5) is 23.1. The van der Waals surface area contributed by atoms with E-state index in [2.05, 4.69) is 10.1 Å². The van der Waals surface area contributed by atoms with E-state index in [1.54, 1.807) is 38.1 Å². The highest BCUT2D eigenvalue weighted by molar-refractivity contribution is 6.30. The molecule has 0 aromatic heterocycles. The number of hydrogen-bond acceptors (Lipinski definition) is 4. The Balaban J connectivity index is 2.61. The second-order valence-electron chi connectivity index (χ2n) is 4.01. The van der Waals surface area contributed by atoms with E-state index in [4.69, 9.17) is 17.3 Å². The first-order chi connectivity index (χ1) is 8.95. The summed E-state index contributed by atoms with van der Waals surface area (Å²) in [6.45, 7) is 3.63. The highest BCUT2D eigenvalue weighted by Gasteiger charge is 2.24. The largest absolute Gasteiger partial charge is 0.464 e. The van der Waals surface area contributed by atoms with Crippen molar-refractivity contribution in [3.05, 3.63) is 34.9 Å². The number of nitrogens with two attached hydrogens (primary N) is 1. The number of carbonyl (C=O) groups is 2. The van der Waals surface area contributed by atoms with E-state index in [1.807, 2.05) is 0 Å². The first-order valence-electron chi connectivity index (χ1n) is 5.93. The van der Waals surface area contributed by atoms with Gasteiger partial charge in [0.1, 0.15) is 0 Å². The molecule has 6 heteroatoms. The fourth-order valence-electron chi connectivity index (χ4n) is 1.48. The second kappa shape index (κ2) is 7.11. The van der Waals surface area contributed by atoms with E-state index in [0.717, 1.165) is 5.56 Å². The minimum atomic E-state index is -1.31. The summed E-state index contributed by atoms with van der Waals surface area (Å²) in [6, 6.07) is 5.46. The van der Waals surface area contributed by atoms with Gasteiger partial charge in [-0.3, -0.25) is 4.79 Å². The van der Waals surface area contributed by atoms with Gasteiger partial charge in [-0.2, -0.15) is 0 Å². The Kier molecular flexibility index (Phi) is 5.79. The van der Waals surface area contributed by atoms with Crippen LogP contribution in [0.5, 0.6) is 0 Å². The van der Waals surface area contributed by atoms with Gasteiger partial charge in [-0.15, -0.1) is 0 Å². The molecule has 1 unspecified atom stereocenters. The molecule has 1 amide bonds. The van der Waals surface area contributed by atoms with Gasteiger partial charge in [-0.1, -0.05) is 23.7 Å². The van der Waals surface area contributed by atoms with Crippen LogP contribution in [0.2, 0.25) is 5.02 Å². The third-order valence-electron chi connectivity index (χ3n) is 2.55. The summed E-state index contributed by atoms with van der Waals surface area (Å²) in [5.41, 5.74) is 6.36. The van der Waals surface area contributed by atoms with E-state index in [1.165, 1.54) is 0 Å². The molecule has 0 bridgehead atoms. The van der Waals surface area contributed by atoms with Crippen molar-refractivity contribution in [2.45, 2.75) is 25.9 Å². The molecular formula is C13H17ClN2O3. The van der Waals surface area contributed by atoms with Crippen LogP contribution in [0.4, 0.5) is 0 Å². The molecule has 0 fully saturated rings. The molecule has 0 heterocycles. The van der Waals surface area contributed by atoms with Crippen molar-refractivity contribution in [3.63, 3.8) is 0 Å². The second-order valence-corrected chi connectivity index (χ2v) is 4.45. The van der Waals surface area contributed by atoms with Crippen LogP contribution in [-0.2, 0) is 14.3 Å². The van der Waals surface area contributed by atoms with Crippen LogP contribution >= 0.6 is 11.6 Å². The zero-order valence-corrected chi connectivity index (χ0v) is 11.6. The van der Waals surface area contributed by atoms with Crippen LogP contribution in [0.1, 0.15) is 25.5 Å². The number of carbonyl (C=O) groups excluding carboxylic acids is 2. The van der Waals surface area contributed by atoms with Crippen molar-refractivity contribution in [1.29, 1.82) is 0 Å². The monoisotopic (exact) mass is 284 g/mol. The molecule has 1 rings (SSSR count). The number of nitrogens with one attached hydrogen (secondary N) is 1. The maximum Gasteiger partial charge on any atom is 0.332 e. The summed E-state index contributed by atoms with van der Waals surface area (Å²) in [5, 5.41) is 3.26. The molecule has 0 aliphatic rings. The number of amides is 1. The Morgan fingerprint density at radius 3 is 2.47 bits per heavy atom. The molecule has 19 heavy (non-hydrogen) atoms. The fourth-order valence-corrected chi connectivity index (χ4v) is 1.60. The molecule has 0 aliphatic heterocycles. The molecule has 1 aromatic carbocycles. The standard InChI is InChI=1S/C13H17ClN2O3/c1-3-19-13(18)11(15)12(17)16-8(2)9-4-6-10(14)7-5-9/h4-8,11H,3,15H2,1-2H3,(H,16,17)/t8-,11?/m1/s1. The topological polar surface area (TPSA) is 81.4 Å². The number of benzene rings is 1. The van der Waals surface area contributed by atoms with Crippen molar-refractivity contribution < 1.29 is 14.3 Å². The molecule has 0 saturated carbocycles. The summed E-state index contributed by atoms with van der Waals surface area (Å²) in [6.07, 6.45) is 0. The van der Waals surface area contributed by atoms with Gasteiger partial charge in [0, 0.05) is 5.02 Å². The molecule has 0 aliphatic carbocycles. The van der Waals surface area contributed by atoms with Gasteiger partial charge in [0.15, 0.2) is 6.04 Å². The van der Waals surface area contributed by atoms with Gasteiger partial charge in [0.2, 0.25) is 5.91 Å². The summed E-state index contributed by atoms with van der Waals surface area (Å²) >= 11 is 5.78. The van der Waals surface area contributed by atoms with Crippen LogP contribution in [0.25, 0.3) is 0 Å². The molecule has 0 saturated heterocycles. The minimum Gasteiger partial charge on any atom is -0.464 e. The van der Waals surface area contributed by atoms with Gasteiger partial charge in [0.05, 0.1) is 12.6 Å². The van der Waals surface area contributed by atoms with Gasteiger partial charge < -0.3 is 15.8 Å². The van der Waals surface area contributed by atoms with Crippen LogP contribution in [0.3, 0.4) is 0 Å². The highest BCUT2D eigenvalue weighted by atomic mass is 35.5. The molecular weight excluding hydrogens is 268 g/mol. The smallest absolute Gasteiger partial charge is 0.332 e. The van der Waals surface area contributed by atoms with E-state index >= 15 is 0 Å². The Morgan fingerprint density at radius 1 is 1.37 bits per heavy atom. The number of halogens is 1. The van der Waals surface area contributed by atoms with Gasteiger partial charge >= 0.3 is 5.97 Å². The normalized spacial score (nSPS) is 13.5. The first-order valence-corrected chi connectivity index (χ1v) is 6.31. The minimum absolute atomic E-state index is 0.187. The summed E-state index contributed by atoms with van der Waals surface area (Å²) in [5.74, 6) is -1.30. The van der Waals surface area contributed by atoms with Gasteiger partial charge in [-0.25, -0.2) is 4.79 Å². The third kappa shape index (κ3) is 4.54. The molecule has 2 atom stereocenters. The molecule has 104 valence electrons. The van der Waals surface area contributed by atoms with E-state index < -0.39 is 17.9 Å². The zero-order valence-electron chi connectivity index (χ0n) is 10.9. The van der Waals surface area contributed by atoms with Crippen molar-refractivity contribution in [2.75, 3.05) is 6.61 Å². The Morgan fingerprint density at radius 2 is 1.95 bits per heavy atom. The van der Waals surface area contributed by atoms with Crippen LogP contribution in [0, 0.1) is 0 Å². The van der Waals surface area contributed by atoms with Gasteiger partial charge in [-0.05, 0) is 31.5 Å². The molecule has 1 aromatic rings. The highest BCUT2D eigenvalue weighted by Crippen LogP contribution is 2.15. The lowest BCUT2D eigenvalue weighted by atomic mass is 10.1. The van der Waals surface area contributed by atoms with Crippen molar-refractivity contribution in [2.24, 2.45) is 5.73 Å². The van der Waals surface area contributed by atoms with E-state index in [-0.39, 0.29) is 12.6 Å². The molecule has 3 N–H and O–H groups in total. The number of ether oxygens (including phenoxy) is 1. The molecule has 0 spiro atoms. The number of hydrogen-bond donors (Lipinski definition) is 2. The molecule has 0 radical (unpaired) electrons. The Labute approximate surface area is 117 Å². The first kappa shape index (κ1) is 15.5. The summed E-state index contributed by atoms with van der Waals surface area (Å²) < 4.78 is 4.69. The van der Waals surface area contributed by atoms with Gasteiger partial charge in [0.25, 0.3) is 0 Å². The predicted molar refractivity (Wildman–Crippen MR) is 72.6 cm³/mol. The lowest BCUT2D eigenvalue weighted by molar-refractivity contribution is -0.148. The van der Waals surface area contributed by atoms with Crippen molar-refractivity contribution in [3.8, 4) is 0 Å².